The first kappa shape index (κ1) is 23.6. The Hall–Kier alpha value is -3.04. The number of carbonyl (C=O) groups excluding carboxylic acids is 2. The fourth-order valence-corrected chi connectivity index (χ4v) is 4.09. The molecule has 0 heterocycles. The largest absolute Gasteiger partial charge is 0.389 e. The third-order valence-electron chi connectivity index (χ3n) is 5.87. The Kier molecular flexibility index (Phi) is 9.39. The molecule has 0 saturated carbocycles. The second kappa shape index (κ2) is 12.7. The summed E-state index contributed by atoms with van der Waals surface area (Å²) in [7, 11) is 0. The molecular weight excluding hydrogens is 396 g/mol. The lowest BCUT2D eigenvalue weighted by atomic mass is 9.84. The predicted octanol–water partition coefficient (Wildman–Crippen LogP) is 6.34. The number of Topliss-reactive ketones (excluding diaryl/α,β-unsaturated/α-hetero) is 2. The van der Waals surface area contributed by atoms with E-state index in [1.807, 2.05) is 24.3 Å². The Bertz CT molecular complexity index is 923. The summed E-state index contributed by atoms with van der Waals surface area (Å²) in [5, 5.41) is 8.72. The van der Waals surface area contributed by atoms with Crippen molar-refractivity contribution in [3.63, 3.8) is 0 Å². The molecule has 3 aromatic rings. The normalized spacial score (nSPS) is 10.9. The van der Waals surface area contributed by atoms with Crippen LogP contribution in [-0.4, -0.2) is 23.3 Å². The Labute approximate surface area is 191 Å². The van der Waals surface area contributed by atoms with Gasteiger partial charge in [-0.3, -0.25) is 9.59 Å². The van der Waals surface area contributed by atoms with E-state index >= 15 is 0 Å². The molecule has 3 aromatic carbocycles. The van der Waals surface area contributed by atoms with E-state index in [0.29, 0.717) is 12.8 Å². The minimum Gasteiger partial charge on any atom is -0.389 e. The third kappa shape index (κ3) is 7.00. The molecule has 0 aliphatic heterocycles. The van der Waals surface area contributed by atoms with E-state index in [-0.39, 0.29) is 24.1 Å². The van der Waals surface area contributed by atoms with Crippen LogP contribution in [-0.2, 0) is 4.79 Å². The maximum Gasteiger partial charge on any atom is 0.162 e. The standard InChI is InChI=1S/C29H32O3/c30-22-27(31)16-10-2-1-3-11-17-28(32)23-18-20-26(21-19-23)29(24-12-6-4-7-13-24)25-14-8-5-9-15-25/h4-9,12-15,18-21,29-30H,1-3,10-11,16-17,22H2. The fourth-order valence-electron chi connectivity index (χ4n) is 4.09. The Morgan fingerprint density at radius 3 is 1.59 bits per heavy atom. The van der Waals surface area contributed by atoms with Crippen LogP contribution < -0.4 is 0 Å². The number of carbonyl (C=O) groups is 2. The molecule has 0 aromatic heterocycles. The van der Waals surface area contributed by atoms with E-state index in [9.17, 15) is 9.59 Å². The molecule has 3 rings (SSSR count). The van der Waals surface area contributed by atoms with Crippen molar-refractivity contribution in [3.05, 3.63) is 107 Å². The van der Waals surface area contributed by atoms with Gasteiger partial charge in [-0.25, -0.2) is 0 Å². The van der Waals surface area contributed by atoms with Gasteiger partial charge in [-0.2, -0.15) is 0 Å². The highest BCUT2D eigenvalue weighted by Gasteiger charge is 2.17. The third-order valence-corrected chi connectivity index (χ3v) is 5.87. The monoisotopic (exact) mass is 428 g/mol. The molecule has 0 amide bonds. The van der Waals surface area contributed by atoms with E-state index in [4.69, 9.17) is 5.11 Å². The number of hydrogen-bond donors (Lipinski definition) is 1. The quantitative estimate of drug-likeness (QED) is 0.196. The number of aliphatic hydroxyl groups excluding tert-OH is 1. The van der Waals surface area contributed by atoms with Crippen LogP contribution in [0.1, 0.15) is 77.9 Å². The molecule has 0 aliphatic carbocycles. The lowest BCUT2D eigenvalue weighted by molar-refractivity contribution is -0.121. The van der Waals surface area contributed by atoms with E-state index in [2.05, 4.69) is 60.7 Å². The van der Waals surface area contributed by atoms with Crippen LogP contribution >= 0.6 is 0 Å². The smallest absolute Gasteiger partial charge is 0.162 e. The minimum absolute atomic E-state index is 0.0922. The van der Waals surface area contributed by atoms with Crippen molar-refractivity contribution in [1.82, 2.24) is 0 Å². The molecule has 0 radical (unpaired) electrons. The average molecular weight is 429 g/mol. The van der Waals surface area contributed by atoms with Gasteiger partial charge in [0.05, 0.1) is 0 Å². The average Bonchev–Trinajstić information content (AvgIpc) is 2.85. The Morgan fingerprint density at radius 1 is 0.594 bits per heavy atom. The van der Waals surface area contributed by atoms with Gasteiger partial charge < -0.3 is 5.11 Å². The first-order chi connectivity index (χ1) is 15.7. The van der Waals surface area contributed by atoms with E-state index in [0.717, 1.165) is 37.7 Å². The highest BCUT2D eigenvalue weighted by molar-refractivity contribution is 5.96. The summed E-state index contributed by atoms with van der Waals surface area (Å²) in [6.45, 7) is -0.356. The van der Waals surface area contributed by atoms with Crippen molar-refractivity contribution in [2.24, 2.45) is 0 Å². The summed E-state index contributed by atoms with van der Waals surface area (Å²) in [6, 6.07) is 29.0. The topological polar surface area (TPSA) is 54.4 Å². The molecule has 3 nitrogen and oxygen atoms in total. The Morgan fingerprint density at radius 2 is 1.06 bits per heavy atom. The minimum atomic E-state index is -0.356. The number of unbranched alkanes of at least 4 members (excludes halogenated alkanes) is 4. The second-order valence-electron chi connectivity index (χ2n) is 8.26. The number of ketones is 2. The zero-order valence-electron chi connectivity index (χ0n) is 18.6. The molecule has 0 aliphatic rings. The summed E-state index contributed by atoms with van der Waals surface area (Å²) in [5.74, 6) is 0.229. The van der Waals surface area contributed by atoms with Crippen molar-refractivity contribution in [2.45, 2.75) is 50.9 Å². The highest BCUT2D eigenvalue weighted by Crippen LogP contribution is 2.32. The van der Waals surface area contributed by atoms with Crippen molar-refractivity contribution >= 4 is 11.6 Å². The molecular formula is C29H32O3. The fraction of sp³-hybridized carbons (Fsp3) is 0.310. The number of aliphatic hydroxyl groups is 1. The molecule has 0 unspecified atom stereocenters. The van der Waals surface area contributed by atoms with E-state index < -0.39 is 0 Å². The molecule has 0 atom stereocenters. The van der Waals surface area contributed by atoms with Gasteiger partial charge in [0.15, 0.2) is 11.6 Å². The van der Waals surface area contributed by atoms with Gasteiger partial charge in [0, 0.05) is 24.3 Å². The summed E-state index contributed by atoms with van der Waals surface area (Å²) >= 11 is 0. The van der Waals surface area contributed by atoms with Crippen molar-refractivity contribution in [3.8, 4) is 0 Å². The maximum atomic E-state index is 12.6. The number of hydrogen-bond acceptors (Lipinski definition) is 3. The zero-order valence-corrected chi connectivity index (χ0v) is 18.6. The van der Waals surface area contributed by atoms with Crippen molar-refractivity contribution in [1.29, 1.82) is 0 Å². The maximum absolute atomic E-state index is 12.6. The number of benzene rings is 3. The first-order valence-electron chi connectivity index (χ1n) is 11.5. The van der Waals surface area contributed by atoms with Crippen molar-refractivity contribution in [2.75, 3.05) is 6.61 Å². The van der Waals surface area contributed by atoms with Gasteiger partial charge in [0.1, 0.15) is 6.61 Å². The number of rotatable bonds is 13. The summed E-state index contributed by atoms with van der Waals surface area (Å²) in [5.41, 5.74) is 4.41. The van der Waals surface area contributed by atoms with E-state index in [1.54, 1.807) is 0 Å². The molecule has 0 spiro atoms. The van der Waals surface area contributed by atoms with Gasteiger partial charge in [-0.1, -0.05) is 104 Å². The predicted molar refractivity (Wildman–Crippen MR) is 129 cm³/mol. The molecule has 0 bridgehead atoms. The van der Waals surface area contributed by atoms with Gasteiger partial charge in [-0.15, -0.1) is 0 Å². The van der Waals surface area contributed by atoms with Gasteiger partial charge in [0.25, 0.3) is 0 Å². The van der Waals surface area contributed by atoms with Crippen LogP contribution in [0.15, 0.2) is 84.9 Å². The van der Waals surface area contributed by atoms with Crippen molar-refractivity contribution < 1.29 is 14.7 Å². The Balaban J connectivity index is 1.56. The van der Waals surface area contributed by atoms with Crippen LogP contribution in [0, 0.1) is 0 Å². The zero-order chi connectivity index (χ0) is 22.6. The molecule has 1 N–H and O–H groups in total. The van der Waals surface area contributed by atoms with Gasteiger partial charge in [0.2, 0.25) is 0 Å². The summed E-state index contributed by atoms with van der Waals surface area (Å²) < 4.78 is 0. The van der Waals surface area contributed by atoms with E-state index in [1.165, 1.54) is 16.7 Å². The first-order valence-corrected chi connectivity index (χ1v) is 11.5. The second-order valence-corrected chi connectivity index (χ2v) is 8.26. The van der Waals surface area contributed by atoms with Crippen LogP contribution in [0.4, 0.5) is 0 Å². The summed E-state index contributed by atoms with van der Waals surface area (Å²) in [6.07, 6.45) is 5.66. The lowest BCUT2D eigenvalue weighted by Gasteiger charge is -2.19. The van der Waals surface area contributed by atoms with Gasteiger partial charge in [-0.05, 0) is 29.5 Å². The lowest BCUT2D eigenvalue weighted by Crippen LogP contribution is -2.05. The van der Waals surface area contributed by atoms with Crippen LogP contribution in [0.5, 0.6) is 0 Å². The SMILES string of the molecule is O=C(CO)CCCCCCCC(=O)c1ccc(C(c2ccccc2)c2ccccc2)cc1. The van der Waals surface area contributed by atoms with Crippen LogP contribution in [0.3, 0.4) is 0 Å². The molecule has 0 fully saturated rings. The highest BCUT2D eigenvalue weighted by atomic mass is 16.3. The molecule has 0 saturated heterocycles. The molecule has 32 heavy (non-hydrogen) atoms. The van der Waals surface area contributed by atoms with Crippen LogP contribution in [0.25, 0.3) is 0 Å². The van der Waals surface area contributed by atoms with Gasteiger partial charge >= 0.3 is 0 Å². The molecule has 166 valence electrons. The summed E-state index contributed by atoms with van der Waals surface area (Å²) in [4.78, 5) is 23.7. The van der Waals surface area contributed by atoms with Crippen LogP contribution in [0.2, 0.25) is 0 Å². The molecule has 3 heteroatoms.